The van der Waals surface area contributed by atoms with E-state index >= 15 is 0 Å². The van der Waals surface area contributed by atoms with Gasteiger partial charge in [0.25, 0.3) is 0 Å². The Balaban J connectivity index is 1.20. The van der Waals surface area contributed by atoms with Crippen molar-refractivity contribution in [3.05, 3.63) is 218 Å². The Morgan fingerprint density at radius 3 is 1.61 bits per heavy atom. The van der Waals surface area contributed by atoms with Crippen LogP contribution in [-0.2, 0) is 0 Å². The summed E-state index contributed by atoms with van der Waals surface area (Å²) < 4.78 is 2.38. The maximum absolute atomic E-state index is 2.43. The van der Waals surface area contributed by atoms with Crippen LogP contribution in [0.25, 0.3) is 71.6 Å². The molecule has 0 saturated carbocycles. The van der Waals surface area contributed by atoms with Gasteiger partial charge in [-0.05, 0) is 93.2 Å². The fourth-order valence-corrected chi connectivity index (χ4v) is 8.06. The normalized spacial score (nSPS) is 11.3. The predicted octanol–water partition coefficient (Wildman–Crippen LogP) is 14.4. The first-order chi connectivity index (χ1) is 26.8. The first-order valence-electron chi connectivity index (χ1n) is 18.5. The average molecular weight is 689 g/mol. The van der Waals surface area contributed by atoms with Gasteiger partial charge in [-0.1, -0.05) is 164 Å². The quantitative estimate of drug-likeness (QED) is 0.162. The van der Waals surface area contributed by atoms with Crippen LogP contribution in [0.5, 0.6) is 0 Å². The Labute approximate surface area is 315 Å². The van der Waals surface area contributed by atoms with E-state index in [0.29, 0.717) is 0 Å². The van der Waals surface area contributed by atoms with E-state index in [4.69, 9.17) is 0 Å². The van der Waals surface area contributed by atoms with E-state index in [-0.39, 0.29) is 0 Å². The van der Waals surface area contributed by atoms with Crippen LogP contribution in [0.4, 0.5) is 17.1 Å². The van der Waals surface area contributed by atoms with Gasteiger partial charge in [-0.3, -0.25) is 0 Å². The molecule has 10 rings (SSSR count). The summed E-state index contributed by atoms with van der Waals surface area (Å²) in [6.07, 6.45) is 0. The molecule has 9 aromatic carbocycles. The van der Waals surface area contributed by atoms with Gasteiger partial charge >= 0.3 is 0 Å². The third-order valence-corrected chi connectivity index (χ3v) is 10.6. The lowest BCUT2D eigenvalue weighted by Crippen LogP contribution is -2.12. The smallest absolute Gasteiger partial charge is 0.0546 e. The summed E-state index contributed by atoms with van der Waals surface area (Å²) in [5, 5.41) is 4.99. The van der Waals surface area contributed by atoms with E-state index < -0.39 is 0 Å². The molecule has 0 amide bonds. The summed E-state index contributed by atoms with van der Waals surface area (Å²) in [6, 6.07) is 79.0. The Bertz CT molecular complexity index is 2860. The highest BCUT2D eigenvalue weighted by Gasteiger charge is 2.20. The number of hydrogen-bond donors (Lipinski definition) is 0. The van der Waals surface area contributed by atoms with Crippen molar-refractivity contribution in [2.24, 2.45) is 0 Å². The van der Waals surface area contributed by atoms with Crippen molar-refractivity contribution in [2.45, 2.75) is 0 Å². The molecule has 0 atom stereocenters. The van der Waals surface area contributed by atoms with E-state index in [1.54, 1.807) is 0 Å². The molecule has 0 saturated heterocycles. The van der Waals surface area contributed by atoms with Crippen molar-refractivity contribution in [1.29, 1.82) is 0 Å². The maximum Gasteiger partial charge on any atom is 0.0546 e. The largest absolute Gasteiger partial charge is 0.310 e. The highest BCUT2D eigenvalue weighted by molar-refractivity contribution is 6.09. The number of fused-ring (bicyclic) bond motifs is 4. The molecule has 254 valence electrons. The summed E-state index contributed by atoms with van der Waals surface area (Å²) in [7, 11) is 0. The molecule has 54 heavy (non-hydrogen) atoms. The van der Waals surface area contributed by atoms with E-state index in [9.17, 15) is 0 Å². The van der Waals surface area contributed by atoms with Crippen LogP contribution in [-0.4, -0.2) is 4.57 Å². The van der Waals surface area contributed by atoms with Gasteiger partial charge in [0.15, 0.2) is 0 Å². The molecule has 2 nitrogen and oxygen atoms in total. The van der Waals surface area contributed by atoms with Gasteiger partial charge in [-0.15, -0.1) is 0 Å². The summed E-state index contributed by atoms with van der Waals surface area (Å²) in [4.78, 5) is 2.43. The molecule has 0 N–H and O–H groups in total. The molecule has 0 aliphatic carbocycles. The zero-order valence-corrected chi connectivity index (χ0v) is 29.7. The van der Waals surface area contributed by atoms with Crippen molar-refractivity contribution in [1.82, 2.24) is 4.57 Å². The number of anilines is 3. The molecule has 1 heterocycles. The van der Waals surface area contributed by atoms with Crippen LogP contribution in [0.2, 0.25) is 0 Å². The van der Waals surface area contributed by atoms with Gasteiger partial charge in [0, 0.05) is 33.4 Å². The second-order valence-electron chi connectivity index (χ2n) is 13.8. The third-order valence-electron chi connectivity index (χ3n) is 10.6. The first kappa shape index (κ1) is 31.6. The van der Waals surface area contributed by atoms with Gasteiger partial charge < -0.3 is 9.47 Å². The molecular weight excluding hydrogens is 653 g/mol. The van der Waals surface area contributed by atoms with Crippen molar-refractivity contribution in [2.75, 3.05) is 4.90 Å². The molecule has 2 heteroatoms. The van der Waals surface area contributed by atoms with E-state index in [2.05, 4.69) is 228 Å². The molecule has 0 unspecified atom stereocenters. The Hall–Kier alpha value is -7.16. The molecule has 1 aromatic heterocycles. The van der Waals surface area contributed by atoms with Crippen molar-refractivity contribution < 1.29 is 0 Å². The SMILES string of the molecule is c1ccc(-c2cccc(N(c3ccc(-n4c5ccccc5c5ccccc54)cc3)c3cc(-c4cccc5ccccc45)ccc3-c3ccccc3)c2)cc1. The second kappa shape index (κ2) is 13.4. The summed E-state index contributed by atoms with van der Waals surface area (Å²) in [5.74, 6) is 0. The zero-order chi connectivity index (χ0) is 35.8. The molecule has 10 aromatic rings. The first-order valence-corrected chi connectivity index (χ1v) is 18.5. The number of aromatic nitrogens is 1. The molecule has 0 fully saturated rings. The number of hydrogen-bond acceptors (Lipinski definition) is 1. The fourth-order valence-electron chi connectivity index (χ4n) is 8.06. The highest BCUT2D eigenvalue weighted by Crippen LogP contribution is 2.45. The molecule has 0 spiro atoms. The minimum absolute atomic E-state index is 1.08. The summed E-state index contributed by atoms with van der Waals surface area (Å²) >= 11 is 0. The van der Waals surface area contributed by atoms with Gasteiger partial charge in [0.05, 0.1) is 16.7 Å². The lowest BCUT2D eigenvalue weighted by Gasteiger charge is -2.29. The Morgan fingerprint density at radius 2 is 0.889 bits per heavy atom. The molecular formula is C52H36N2. The number of para-hydroxylation sites is 2. The standard InChI is InChI=1S/C52H36N2/c1-3-15-37(16-4-1)40-21-13-22-44(35-40)53(42-30-32-43(33-31-42)54-50-27-11-9-24-48(50)49-25-10-12-28-51(49)54)52-36-41(29-34-47(52)39-17-5-2-6-18-39)46-26-14-20-38-19-7-8-23-45(38)46/h1-36H. The minimum atomic E-state index is 1.08. The van der Waals surface area contributed by atoms with Crippen LogP contribution in [0.1, 0.15) is 0 Å². The van der Waals surface area contributed by atoms with Crippen molar-refractivity contribution in [3.8, 4) is 39.1 Å². The van der Waals surface area contributed by atoms with Crippen LogP contribution in [0, 0.1) is 0 Å². The van der Waals surface area contributed by atoms with Gasteiger partial charge in [-0.25, -0.2) is 0 Å². The molecule has 0 aliphatic rings. The Kier molecular flexibility index (Phi) is 7.85. The van der Waals surface area contributed by atoms with Gasteiger partial charge in [0.1, 0.15) is 0 Å². The predicted molar refractivity (Wildman–Crippen MR) is 229 cm³/mol. The van der Waals surface area contributed by atoms with Gasteiger partial charge in [-0.2, -0.15) is 0 Å². The molecule has 0 bridgehead atoms. The lowest BCUT2D eigenvalue weighted by atomic mass is 9.94. The zero-order valence-electron chi connectivity index (χ0n) is 29.7. The van der Waals surface area contributed by atoms with Crippen LogP contribution < -0.4 is 4.90 Å². The fraction of sp³-hybridized carbons (Fsp3) is 0. The van der Waals surface area contributed by atoms with Crippen LogP contribution in [0.15, 0.2) is 218 Å². The number of benzene rings is 9. The second-order valence-corrected chi connectivity index (χ2v) is 13.8. The van der Waals surface area contributed by atoms with E-state index in [0.717, 1.165) is 28.3 Å². The Morgan fingerprint density at radius 1 is 0.315 bits per heavy atom. The number of rotatable bonds is 7. The average Bonchev–Trinajstić information content (AvgIpc) is 3.59. The van der Waals surface area contributed by atoms with Crippen LogP contribution >= 0.6 is 0 Å². The highest BCUT2D eigenvalue weighted by atomic mass is 15.1. The van der Waals surface area contributed by atoms with Crippen molar-refractivity contribution >= 4 is 49.6 Å². The van der Waals surface area contributed by atoms with E-state index in [1.807, 2.05) is 0 Å². The maximum atomic E-state index is 2.43. The summed E-state index contributed by atoms with van der Waals surface area (Å²) in [6.45, 7) is 0. The monoisotopic (exact) mass is 688 g/mol. The number of nitrogens with zero attached hydrogens (tertiary/aromatic N) is 2. The van der Waals surface area contributed by atoms with Crippen molar-refractivity contribution in [3.63, 3.8) is 0 Å². The lowest BCUT2D eigenvalue weighted by molar-refractivity contribution is 1.17. The molecule has 0 radical (unpaired) electrons. The van der Waals surface area contributed by atoms with E-state index in [1.165, 1.54) is 60.4 Å². The summed E-state index contributed by atoms with van der Waals surface area (Å²) in [5.41, 5.74) is 13.9. The topological polar surface area (TPSA) is 8.17 Å². The van der Waals surface area contributed by atoms with Gasteiger partial charge in [0.2, 0.25) is 0 Å². The van der Waals surface area contributed by atoms with Crippen LogP contribution in [0.3, 0.4) is 0 Å². The molecule has 0 aliphatic heterocycles. The minimum Gasteiger partial charge on any atom is -0.310 e. The third kappa shape index (κ3) is 5.53.